The zero-order chi connectivity index (χ0) is 15.1. The van der Waals surface area contributed by atoms with Crippen molar-refractivity contribution in [3.63, 3.8) is 0 Å². The highest BCUT2D eigenvalue weighted by Gasteiger charge is 2.12. The standard InChI is InChI=1S/C18H27N3/c1-4-18(5-2)15(3)19-11-17-12-20-21(14-17)13-16-9-7-6-8-10-16/h6-10,12,14-15,18-19H,4-5,11,13H2,1-3H3. The van der Waals surface area contributed by atoms with Gasteiger partial charge in [-0.15, -0.1) is 0 Å². The predicted octanol–water partition coefficient (Wildman–Crippen LogP) is 3.85. The molecule has 0 saturated carbocycles. The van der Waals surface area contributed by atoms with Crippen LogP contribution in [0.15, 0.2) is 42.7 Å². The third kappa shape index (κ3) is 4.71. The molecule has 0 amide bonds. The maximum atomic E-state index is 4.45. The first-order valence-electron chi connectivity index (χ1n) is 8.01. The number of hydrogen-bond acceptors (Lipinski definition) is 2. The fourth-order valence-corrected chi connectivity index (χ4v) is 2.80. The molecule has 0 spiro atoms. The lowest BCUT2D eigenvalue weighted by molar-refractivity contribution is 0.353. The lowest BCUT2D eigenvalue weighted by Crippen LogP contribution is -2.32. The van der Waals surface area contributed by atoms with Crippen molar-refractivity contribution in [2.24, 2.45) is 5.92 Å². The quantitative estimate of drug-likeness (QED) is 0.798. The molecule has 1 aromatic heterocycles. The molecule has 0 aliphatic heterocycles. The number of rotatable bonds is 8. The van der Waals surface area contributed by atoms with Crippen LogP contribution in [0.1, 0.15) is 44.7 Å². The summed E-state index contributed by atoms with van der Waals surface area (Å²) in [5.41, 5.74) is 2.54. The minimum Gasteiger partial charge on any atom is -0.310 e. The van der Waals surface area contributed by atoms with Crippen LogP contribution in [0.5, 0.6) is 0 Å². The van der Waals surface area contributed by atoms with E-state index < -0.39 is 0 Å². The average molecular weight is 285 g/mol. The van der Waals surface area contributed by atoms with Gasteiger partial charge in [-0.25, -0.2) is 0 Å². The molecule has 1 aromatic carbocycles. The Bertz CT molecular complexity index is 514. The van der Waals surface area contributed by atoms with Gasteiger partial charge in [0.1, 0.15) is 0 Å². The molecule has 2 aromatic rings. The smallest absolute Gasteiger partial charge is 0.0659 e. The Balaban J connectivity index is 1.86. The van der Waals surface area contributed by atoms with Gasteiger partial charge in [0.05, 0.1) is 12.7 Å². The molecule has 1 unspecified atom stereocenters. The van der Waals surface area contributed by atoms with Crippen molar-refractivity contribution in [2.45, 2.75) is 52.7 Å². The fraction of sp³-hybridized carbons (Fsp3) is 0.500. The molecule has 0 aliphatic carbocycles. The van der Waals surface area contributed by atoms with Crippen molar-refractivity contribution in [1.29, 1.82) is 0 Å². The second-order valence-corrected chi connectivity index (χ2v) is 5.78. The van der Waals surface area contributed by atoms with E-state index in [0.717, 1.165) is 19.0 Å². The van der Waals surface area contributed by atoms with Crippen LogP contribution in [0.3, 0.4) is 0 Å². The van der Waals surface area contributed by atoms with Crippen LogP contribution in [0, 0.1) is 5.92 Å². The highest BCUT2D eigenvalue weighted by Crippen LogP contribution is 2.13. The van der Waals surface area contributed by atoms with Crippen molar-refractivity contribution in [3.8, 4) is 0 Å². The molecule has 2 rings (SSSR count). The van der Waals surface area contributed by atoms with Gasteiger partial charge in [-0.1, -0.05) is 57.0 Å². The molecule has 1 heterocycles. The molecule has 0 aliphatic rings. The van der Waals surface area contributed by atoms with Crippen molar-refractivity contribution in [3.05, 3.63) is 53.9 Å². The summed E-state index contributed by atoms with van der Waals surface area (Å²) in [6.45, 7) is 8.55. The molecule has 21 heavy (non-hydrogen) atoms. The fourth-order valence-electron chi connectivity index (χ4n) is 2.80. The highest BCUT2D eigenvalue weighted by atomic mass is 15.3. The summed E-state index contributed by atoms with van der Waals surface area (Å²) in [7, 11) is 0. The zero-order valence-corrected chi connectivity index (χ0v) is 13.4. The van der Waals surface area contributed by atoms with Gasteiger partial charge in [-0.3, -0.25) is 4.68 Å². The summed E-state index contributed by atoms with van der Waals surface area (Å²) in [5, 5.41) is 8.08. The van der Waals surface area contributed by atoms with Gasteiger partial charge in [-0.2, -0.15) is 5.10 Å². The van der Waals surface area contributed by atoms with Crippen molar-refractivity contribution < 1.29 is 0 Å². The number of benzene rings is 1. The second kappa shape index (κ2) is 7.99. The summed E-state index contributed by atoms with van der Waals surface area (Å²) in [6, 6.07) is 11.0. The van der Waals surface area contributed by atoms with E-state index in [4.69, 9.17) is 0 Å². The average Bonchev–Trinajstić information content (AvgIpc) is 2.95. The molecule has 0 bridgehead atoms. The Morgan fingerprint density at radius 2 is 1.81 bits per heavy atom. The van der Waals surface area contributed by atoms with Crippen LogP contribution >= 0.6 is 0 Å². The Morgan fingerprint density at radius 1 is 1.10 bits per heavy atom. The maximum absolute atomic E-state index is 4.45. The van der Waals surface area contributed by atoms with Gasteiger partial charge >= 0.3 is 0 Å². The van der Waals surface area contributed by atoms with E-state index >= 15 is 0 Å². The molecule has 3 heteroatoms. The summed E-state index contributed by atoms with van der Waals surface area (Å²) in [6.07, 6.45) is 6.57. The molecule has 0 fully saturated rings. The molecule has 0 saturated heterocycles. The monoisotopic (exact) mass is 285 g/mol. The Kier molecular flexibility index (Phi) is 6.00. The van der Waals surface area contributed by atoms with E-state index in [9.17, 15) is 0 Å². The van der Waals surface area contributed by atoms with Crippen LogP contribution < -0.4 is 5.32 Å². The van der Waals surface area contributed by atoms with E-state index in [0.29, 0.717) is 6.04 Å². The number of nitrogens with zero attached hydrogens (tertiary/aromatic N) is 2. The lowest BCUT2D eigenvalue weighted by atomic mass is 9.95. The number of nitrogens with one attached hydrogen (secondary N) is 1. The Hall–Kier alpha value is -1.61. The van der Waals surface area contributed by atoms with E-state index in [1.54, 1.807) is 0 Å². The first-order valence-corrected chi connectivity index (χ1v) is 8.01. The van der Waals surface area contributed by atoms with E-state index in [1.807, 2.05) is 16.9 Å². The number of aromatic nitrogens is 2. The summed E-state index contributed by atoms with van der Waals surface area (Å²) < 4.78 is 2.01. The third-order valence-corrected chi connectivity index (χ3v) is 4.26. The van der Waals surface area contributed by atoms with Crippen molar-refractivity contribution in [2.75, 3.05) is 0 Å². The van der Waals surface area contributed by atoms with E-state index in [-0.39, 0.29) is 0 Å². The van der Waals surface area contributed by atoms with Gasteiger partial charge in [0.15, 0.2) is 0 Å². The van der Waals surface area contributed by atoms with Gasteiger partial charge in [-0.05, 0) is 18.4 Å². The van der Waals surface area contributed by atoms with Gasteiger partial charge in [0.2, 0.25) is 0 Å². The first kappa shape index (κ1) is 15.8. The largest absolute Gasteiger partial charge is 0.310 e. The molecular formula is C18H27N3. The number of hydrogen-bond donors (Lipinski definition) is 1. The molecule has 0 radical (unpaired) electrons. The van der Waals surface area contributed by atoms with Gasteiger partial charge < -0.3 is 5.32 Å². The van der Waals surface area contributed by atoms with Gasteiger partial charge in [0.25, 0.3) is 0 Å². The maximum Gasteiger partial charge on any atom is 0.0659 e. The van der Waals surface area contributed by atoms with Crippen LogP contribution in [0.25, 0.3) is 0 Å². The first-order chi connectivity index (χ1) is 10.2. The topological polar surface area (TPSA) is 29.9 Å². The van der Waals surface area contributed by atoms with E-state index in [2.05, 4.69) is 61.6 Å². The third-order valence-electron chi connectivity index (χ3n) is 4.26. The summed E-state index contributed by atoms with van der Waals surface area (Å²) >= 11 is 0. The molecule has 1 N–H and O–H groups in total. The minimum atomic E-state index is 0.553. The van der Waals surface area contributed by atoms with Crippen LogP contribution in [0.4, 0.5) is 0 Å². The normalized spacial score (nSPS) is 12.8. The molecule has 114 valence electrons. The molecule has 1 atom stereocenters. The van der Waals surface area contributed by atoms with E-state index in [1.165, 1.54) is 24.0 Å². The lowest BCUT2D eigenvalue weighted by Gasteiger charge is -2.22. The summed E-state index contributed by atoms with van der Waals surface area (Å²) in [5.74, 6) is 0.754. The van der Waals surface area contributed by atoms with Gasteiger partial charge in [0, 0.05) is 24.3 Å². The summed E-state index contributed by atoms with van der Waals surface area (Å²) in [4.78, 5) is 0. The van der Waals surface area contributed by atoms with Crippen molar-refractivity contribution >= 4 is 0 Å². The van der Waals surface area contributed by atoms with Crippen molar-refractivity contribution in [1.82, 2.24) is 15.1 Å². The van der Waals surface area contributed by atoms with Crippen LogP contribution in [-0.2, 0) is 13.1 Å². The molecule has 3 nitrogen and oxygen atoms in total. The minimum absolute atomic E-state index is 0.553. The predicted molar refractivity (Wildman–Crippen MR) is 88.1 cm³/mol. The van der Waals surface area contributed by atoms with Crippen LogP contribution in [-0.4, -0.2) is 15.8 Å². The van der Waals surface area contributed by atoms with Crippen LogP contribution in [0.2, 0.25) is 0 Å². The Labute approximate surface area is 128 Å². The SMILES string of the molecule is CCC(CC)C(C)NCc1cnn(Cc2ccccc2)c1. The Morgan fingerprint density at radius 3 is 2.48 bits per heavy atom. The highest BCUT2D eigenvalue weighted by molar-refractivity contribution is 5.15. The second-order valence-electron chi connectivity index (χ2n) is 5.78. The molecular weight excluding hydrogens is 258 g/mol. The zero-order valence-electron chi connectivity index (χ0n) is 13.4.